The average molecular weight is 291 g/mol. The maximum atomic E-state index is 5.83. The van der Waals surface area contributed by atoms with Crippen molar-refractivity contribution in [3.63, 3.8) is 0 Å². The molecule has 0 saturated carbocycles. The minimum atomic E-state index is -0.342. The van der Waals surface area contributed by atoms with E-state index in [1.807, 2.05) is 23.1 Å². The molecule has 1 heterocycles. The summed E-state index contributed by atoms with van der Waals surface area (Å²) >= 11 is 10.6. The Hall–Kier alpha value is -1.59. The number of hydrogen-bond acceptors (Lipinski definition) is 3. The fourth-order valence-electron chi connectivity index (χ4n) is 1.69. The molecule has 0 aliphatic rings. The number of thiocarbonyl (C=S) groups is 2. The Morgan fingerprint density at radius 1 is 1.32 bits per heavy atom. The zero-order chi connectivity index (χ0) is 14.3. The third-order valence-electron chi connectivity index (χ3n) is 2.53. The molecule has 0 aliphatic heterocycles. The van der Waals surface area contributed by atoms with Crippen LogP contribution in [0.25, 0.3) is 0 Å². The molecule has 2 N–H and O–H groups in total. The van der Waals surface area contributed by atoms with Crippen molar-refractivity contribution >= 4 is 34.4 Å². The number of nitrogens with two attached hydrogens (primary N) is 1. The number of pyridine rings is 1. The van der Waals surface area contributed by atoms with Crippen LogP contribution in [0.2, 0.25) is 0 Å². The minimum absolute atomic E-state index is 0.321. The molecule has 0 radical (unpaired) electrons. The molecule has 0 aliphatic carbocycles. The zero-order valence-electron chi connectivity index (χ0n) is 10.7. The van der Waals surface area contributed by atoms with Gasteiger partial charge in [-0.2, -0.15) is 0 Å². The van der Waals surface area contributed by atoms with Crippen molar-refractivity contribution in [2.75, 3.05) is 13.1 Å². The van der Waals surface area contributed by atoms with Crippen molar-refractivity contribution in [2.45, 2.75) is 5.92 Å². The summed E-state index contributed by atoms with van der Waals surface area (Å²) in [5.41, 5.74) is 6.59. The minimum Gasteiger partial charge on any atom is -0.392 e. The van der Waals surface area contributed by atoms with Gasteiger partial charge in [-0.1, -0.05) is 42.7 Å². The van der Waals surface area contributed by atoms with E-state index < -0.39 is 0 Å². The summed E-state index contributed by atoms with van der Waals surface area (Å²) in [6.07, 6.45) is 5.27. The summed E-state index contributed by atoms with van der Waals surface area (Å²) in [4.78, 5) is 7.21. The van der Waals surface area contributed by atoms with E-state index in [1.54, 1.807) is 18.3 Å². The van der Waals surface area contributed by atoms with Crippen LogP contribution in [0.4, 0.5) is 0 Å². The van der Waals surface area contributed by atoms with Crippen molar-refractivity contribution in [1.29, 1.82) is 0 Å². The molecule has 1 rings (SSSR count). The van der Waals surface area contributed by atoms with E-state index in [2.05, 4.69) is 18.1 Å². The summed E-state index contributed by atoms with van der Waals surface area (Å²) in [6, 6.07) is 5.60. The van der Waals surface area contributed by atoms with Crippen LogP contribution in [-0.4, -0.2) is 33.0 Å². The smallest absolute Gasteiger partial charge is 0.102 e. The number of rotatable bonds is 7. The average Bonchev–Trinajstić information content (AvgIpc) is 2.39. The topological polar surface area (TPSA) is 42.1 Å². The van der Waals surface area contributed by atoms with E-state index in [1.165, 1.54) is 0 Å². The molecule has 5 heteroatoms. The van der Waals surface area contributed by atoms with E-state index in [4.69, 9.17) is 30.2 Å². The van der Waals surface area contributed by atoms with Crippen LogP contribution < -0.4 is 5.73 Å². The summed E-state index contributed by atoms with van der Waals surface area (Å²) in [5, 5.41) is 0. The van der Waals surface area contributed by atoms with Crippen LogP contribution in [0.1, 0.15) is 11.6 Å². The molecule has 1 aromatic heterocycles. The van der Waals surface area contributed by atoms with Gasteiger partial charge in [0.1, 0.15) is 5.92 Å². The Labute approximate surface area is 124 Å². The van der Waals surface area contributed by atoms with E-state index in [-0.39, 0.29) is 5.92 Å². The molecule has 1 aromatic rings. The highest BCUT2D eigenvalue weighted by Gasteiger charge is 2.24. The largest absolute Gasteiger partial charge is 0.392 e. The van der Waals surface area contributed by atoms with Crippen LogP contribution in [-0.2, 0) is 0 Å². The molecule has 0 bridgehead atoms. The summed E-state index contributed by atoms with van der Waals surface area (Å²) in [5.74, 6) is -0.342. The second-order valence-electron chi connectivity index (χ2n) is 3.91. The Bertz CT molecular complexity index is 461. The number of aromatic nitrogens is 1. The van der Waals surface area contributed by atoms with Gasteiger partial charge in [0.15, 0.2) is 0 Å². The summed E-state index contributed by atoms with van der Waals surface area (Å²) in [6.45, 7) is 8.70. The molecule has 1 atom stereocenters. The molecule has 0 amide bonds. The maximum Gasteiger partial charge on any atom is 0.102 e. The standard InChI is InChI=1S/C14H17N3S2/c1-3-9-17(10-4-2)14(19)12(13(15)18)11-7-5-6-8-16-11/h3-8,12H,1-2,9-10H2,(H2,15,18). The molecular weight excluding hydrogens is 274 g/mol. The van der Waals surface area contributed by atoms with Crippen LogP contribution in [0, 0.1) is 0 Å². The lowest BCUT2D eigenvalue weighted by Crippen LogP contribution is -2.39. The summed E-state index contributed by atoms with van der Waals surface area (Å²) in [7, 11) is 0. The van der Waals surface area contributed by atoms with Crippen molar-refractivity contribution < 1.29 is 0 Å². The van der Waals surface area contributed by atoms with Gasteiger partial charge in [0, 0.05) is 19.3 Å². The first-order chi connectivity index (χ1) is 9.11. The van der Waals surface area contributed by atoms with Gasteiger partial charge in [-0.05, 0) is 12.1 Å². The van der Waals surface area contributed by atoms with Crippen LogP contribution >= 0.6 is 24.4 Å². The maximum absolute atomic E-state index is 5.83. The zero-order valence-corrected chi connectivity index (χ0v) is 12.3. The SMILES string of the molecule is C=CCN(CC=C)C(=S)C(C(N)=S)c1ccccn1. The molecule has 3 nitrogen and oxygen atoms in total. The van der Waals surface area contributed by atoms with Gasteiger partial charge >= 0.3 is 0 Å². The Balaban J connectivity index is 3.04. The van der Waals surface area contributed by atoms with Crippen LogP contribution in [0.3, 0.4) is 0 Å². The molecule has 1 unspecified atom stereocenters. The van der Waals surface area contributed by atoms with Gasteiger partial charge < -0.3 is 10.6 Å². The molecule has 0 spiro atoms. The van der Waals surface area contributed by atoms with E-state index in [0.717, 1.165) is 5.69 Å². The second-order valence-corrected chi connectivity index (χ2v) is 4.80. The molecular formula is C14H17N3S2. The van der Waals surface area contributed by atoms with Crippen LogP contribution in [0.15, 0.2) is 49.7 Å². The van der Waals surface area contributed by atoms with Gasteiger partial charge in [0.2, 0.25) is 0 Å². The monoisotopic (exact) mass is 291 g/mol. The molecule has 0 aromatic carbocycles. The van der Waals surface area contributed by atoms with E-state index >= 15 is 0 Å². The molecule has 0 saturated heterocycles. The second kappa shape index (κ2) is 7.76. The Kier molecular flexibility index (Phi) is 6.32. The predicted octanol–water partition coefficient (Wildman–Crippen LogP) is 2.45. The quantitative estimate of drug-likeness (QED) is 0.617. The third kappa shape index (κ3) is 4.22. The first-order valence-electron chi connectivity index (χ1n) is 5.82. The van der Waals surface area contributed by atoms with Crippen molar-refractivity contribution in [3.05, 3.63) is 55.4 Å². The fraction of sp³-hybridized carbons (Fsp3) is 0.214. The summed E-state index contributed by atoms with van der Waals surface area (Å²) < 4.78 is 0. The Morgan fingerprint density at radius 3 is 2.37 bits per heavy atom. The number of hydrogen-bond donors (Lipinski definition) is 1. The van der Waals surface area contributed by atoms with Gasteiger partial charge in [-0.15, -0.1) is 13.2 Å². The van der Waals surface area contributed by atoms with Gasteiger partial charge in [-0.25, -0.2) is 0 Å². The van der Waals surface area contributed by atoms with E-state index in [0.29, 0.717) is 23.1 Å². The highest BCUT2D eigenvalue weighted by atomic mass is 32.1. The normalized spacial score (nSPS) is 11.4. The lowest BCUT2D eigenvalue weighted by atomic mass is 10.0. The van der Waals surface area contributed by atoms with Crippen LogP contribution in [0.5, 0.6) is 0 Å². The third-order valence-corrected chi connectivity index (χ3v) is 3.26. The molecule has 100 valence electrons. The van der Waals surface area contributed by atoms with Gasteiger partial charge in [0.05, 0.1) is 15.7 Å². The van der Waals surface area contributed by atoms with Gasteiger partial charge in [0.25, 0.3) is 0 Å². The van der Waals surface area contributed by atoms with Gasteiger partial charge in [-0.3, -0.25) is 4.98 Å². The van der Waals surface area contributed by atoms with Crippen molar-refractivity contribution in [3.8, 4) is 0 Å². The predicted molar refractivity (Wildman–Crippen MR) is 88.3 cm³/mol. The number of nitrogens with zero attached hydrogens (tertiary/aromatic N) is 2. The van der Waals surface area contributed by atoms with Crippen molar-refractivity contribution in [1.82, 2.24) is 9.88 Å². The first-order valence-corrected chi connectivity index (χ1v) is 6.64. The first kappa shape index (κ1) is 15.5. The lowest BCUT2D eigenvalue weighted by Gasteiger charge is -2.27. The molecule has 19 heavy (non-hydrogen) atoms. The molecule has 0 fully saturated rings. The Morgan fingerprint density at radius 2 is 1.95 bits per heavy atom. The highest BCUT2D eigenvalue weighted by molar-refractivity contribution is 7.82. The fourth-order valence-corrected chi connectivity index (χ4v) is 2.39. The van der Waals surface area contributed by atoms with E-state index in [9.17, 15) is 0 Å². The lowest BCUT2D eigenvalue weighted by molar-refractivity contribution is 0.511. The van der Waals surface area contributed by atoms with Crippen molar-refractivity contribution in [2.24, 2.45) is 5.73 Å². The highest BCUT2D eigenvalue weighted by Crippen LogP contribution is 2.18.